The van der Waals surface area contributed by atoms with E-state index in [0.29, 0.717) is 0 Å². The number of amides is 1. The summed E-state index contributed by atoms with van der Waals surface area (Å²) >= 11 is 0. The first-order chi connectivity index (χ1) is 12.1. The highest BCUT2D eigenvalue weighted by molar-refractivity contribution is 5.87. The topological polar surface area (TPSA) is 75.6 Å². The largest absolute Gasteiger partial charge is 0.481 e. The summed E-state index contributed by atoms with van der Waals surface area (Å²) in [6.07, 6.45) is 4.27. The highest BCUT2D eigenvalue weighted by Crippen LogP contribution is 2.26. The molecule has 0 aromatic heterocycles. The van der Waals surface area contributed by atoms with Gasteiger partial charge < -0.3 is 15.2 Å². The average molecular weight is 341 g/mol. The van der Waals surface area contributed by atoms with Gasteiger partial charge in [-0.25, -0.2) is 0 Å². The molecular weight excluding hydrogens is 318 g/mol. The summed E-state index contributed by atoms with van der Waals surface area (Å²) in [5.41, 5.74) is 0.815. The second-order valence-electron chi connectivity index (χ2n) is 6.50. The number of hydrogen-bond acceptors (Lipinski definition) is 3. The van der Waals surface area contributed by atoms with Crippen LogP contribution in [0.5, 0.6) is 0 Å². The summed E-state index contributed by atoms with van der Waals surface area (Å²) in [5, 5.41) is 14.1. The number of aliphatic carboxylic acids is 1. The van der Waals surface area contributed by atoms with Crippen molar-refractivity contribution in [3.63, 3.8) is 0 Å². The normalized spacial score (nSPS) is 16.0. The summed E-state index contributed by atoms with van der Waals surface area (Å²) in [7, 11) is 0. The second kappa shape index (κ2) is 8.12. The lowest BCUT2D eigenvalue weighted by Gasteiger charge is -2.20. The minimum atomic E-state index is -0.949. The van der Waals surface area contributed by atoms with E-state index in [1.807, 2.05) is 42.5 Å². The molecule has 3 rings (SSSR count). The van der Waals surface area contributed by atoms with Crippen LogP contribution < -0.4 is 5.32 Å². The lowest BCUT2D eigenvalue weighted by atomic mass is 9.96. The number of carboxylic acid groups (broad SMARTS) is 1. The number of nitrogens with one attached hydrogen (secondary N) is 1. The van der Waals surface area contributed by atoms with Crippen LogP contribution in [0.1, 0.15) is 43.7 Å². The Bertz CT molecular complexity index is 747. The minimum Gasteiger partial charge on any atom is -0.481 e. The summed E-state index contributed by atoms with van der Waals surface area (Å²) in [6, 6.07) is 12.9. The van der Waals surface area contributed by atoms with Crippen LogP contribution in [0, 0.1) is 0 Å². The lowest BCUT2D eigenvalue weighted by molar-refractivity contribution is -0.138. The Morgan fingerprint density at radius 2 is 1.84 bits per heavy atom. The molecule has 1 atom stereocenters. The van der Waals surface area contributed by atoms with Gasteiger partial charge in [0.1, 0.15) is 6.61 Å². The van der Waals surface area contributed by atoms with Crippen molar-refractivity contribution in [1.29, 1.82) is 0 Å². The van der Waals surface area contributed by atoms with Gasteiger partial charge in [0, 0.05) is 0 Å². The molecule has 5 nitrogen and oxygen atoms in total. The van der Waals surface area contributed by atoms with E-state index < -0.39 is 12.0 Å². The number of benzene rings is 2. The first kappa shape index (κ1) is 17.4. The number of fused-ring (bicyclic) bond motifs is 1. The maximum Gasteiger partial charge on any atom is 0.305 e. The van der Waals surface area contributed by atoms with Crippen molar-refractivity contribution in [3.8, 4) is 0 Å². The fourth-order valence-electron chi connectivity index (χ4n) is 3.45. The first-order valence-electron chi connectivity index (χ1n) is 8.74. The summed E-state index contributed by atoms with van der Waals surface area (Å²) in [5.74, 6) is -1.22. The predicted molar refractivity (Wildman–Crippen MR) is 95.3 cm³/mol. The number of carbonyl (C=O) groups excluding carboxylic acids is 1. The Labute approximate surface area is 147 Å². The Kier molecular flexibility index (Phi) is 5.66. The zero-order valence-electron chi connectivity index (χ0n) is 14.1. The van der Waals surface area contributed by atoms with Crippen molar-refractivity contribution in [3.05, 3.63) is 48.0 Å². The molecule has 1 fully saturated rings. The van der Waals surface area contributed by atoms with E-state index in [1.165, 1.54) is 0 Å². The number of ether oxygens (including phenoxy) is 1. The SMILES string of the molecule is O=C(O)C[C@@H](NC(=O)COC1CCCC1)c1cccc2ccccc12. The third-order valence-corrected chi connectivity index (χ3v) is 4.67. The van der Waals surface area contributed by atoms with Gasteiger partial charge in [0.05, 0.1) is 18.6 Å². The third kappa shape index (κ3) is 4.57. The lowest BCUT2D eigenvalue weighted by Crippen LogP contribution is -2.34. The standard InChI is InChI=1S/C20H23NO4/c22-19(13-25-15-8-2-3-9-15)21-18(12-20(23)24)17-11-5-7-14-6-1-4-10-16(14)17/h1,4-7,10-11,15,18H,2-3,8-9,12-13H2,(H,21,22)(H,23,24)/t18-/m1/s1. The van der Waals surface area contributed by atoms with Crippen LogP contribution in [0.25, 0.3) is 10.8 Å². The van der Waals surface area contributed by atoms with Crippen molar-refractivity contribution in [2.75, 3.05) is 6.61 Å². The molecule has 0 saturated heterocycles. The van der Waals surface area contributed by atoms with E-state index in [2.05, 4.69) is 5.32 Å². The highest BCUT2D eigenvalue weighted by Gasteiger charge is 2.22. The molecule has 0 bridgehead atoms. The van der Waals surface area contributed by atoms with E-state index in [4.69, 9.17) is 4.74 Å². The molecule has 1 saturated carbocycles. The molecule has 25 heavy (non-hydrogen) atoms. The first-order valence-corrected chi connectivity index (χ1v) is 8.74. The average Bonchev–Trinajstić information content (AvgIpc) is 3.12. The zero-order chi connectivity index (χ0) is 17.6. The van der Waals surface area contributed by atoms with Gasteiger partial charge in [0.2, 0.25) is 5.91 Å². The predicted octanol–water partition coefficient (Wildman–Crippen LogP) is 3.43. The van der Waals surface area contributed by atoms with Crippen molar-refractivity contribution in [1.82, 2.24) is 5.32 Å². The zero-order valence-corrected chi connectivity index (χ0v) is 14.1. The molecule has 0 heterocycles. The van der Waals surface area contributed by atoms with Gasteiger partial charge in [-0.05, 0) is 29.2 Å². The molecule has 1 aliphatic rings. The molecule has 0 unspecified atom stereocenters. The maximum absolute atomic E-state index is 12.3. The van der Waals surface area contributed by atoms with Crippen LogP contribution in [0.3, 0.4) is 0 Å². The van der Waals surface area contributed by atoms with Crippen molar-refractivity contribution in [2.45, 2.75) is 44.2 Å². The molecule has 2 N–H and O–H groups in total. The molecular formula is C20H23NO4. The summed E-state index contributed by atoms with van der Waals surface area (Å²) in [6.45, 7) is -0.0223. The van der Waals surface area contributed by atoms with E-state index in [-0.39, 0.29) is 25.0 Å². The molecule has 2 aromatic carbocycles. The van der Waals surface area contributed by atoms with Gasteiger partial charge >= 0.3 is 5.97 Å². The van der Waals surface area contributed by atoms with Crippen molar-refractivity contribution >= 4 is 22.6 Å². The molecule has 0 spiro atoms. The molecule has 0 radical (unpaired) electrons. The van der Waals surface area contributed by atoms with Crippen molar-refractivity contribution < 1.29 is 19.4 Å². The highest BCUT2D eigenvalue weighted by atomic mass is 16.5. The number of carbonyl (C=O) groups is 2. The van der Waals surface area contributed by atoms with Gasteiger partial charge in [0.15, 0.2) is 0 Å². The van der Waals surface area contributed by atoms with E-state index in [0.717, 1.165) is 42.0 Å². The Morgan fingerprint density at radius 3 is 2.60 bits per heavy atom. The Morgan fingerprint density at radius 1 is 1.12 bits per heavy atom. The van der Waals surface area contributed by atoms with E-state index >= 15 is 0 Å². The van der Waals surface area contributed by atoms with Gasteiger partial charge in [0.25, 0.3) is 0 Å². The Hall–Kier alpha value is -2.40. The third-order valence-electron chi connectivity index (χ3n) is 4.67. The fraction of sp³-hybridized carbons (Fsp3) is 0.400. The van der Waals surface area contributed by atoms with Crippen LogP contribution in [0.15, 0.2) is 42.5 Å². The monoisotopic (exact) mass is 341 g/mol. The van der Waals surface area contributed by atoms with Crippen LogP contribution in [0.2, 0.25) is 0 Å². The number of hydrogen-bond donors (Lipinski definition) is 2. The van der Waals surface area contributed by atoms with Gasteiger partial charge in [-0.15, -0.1) is 0 Å². The van der Waals surface area contributed by atoms with Crippen LogP contribution in [-0.4, -0.2) is 29.7 Å². The minimum absolute atomic E-state index is 0.0223. The van der Waals surface area contributed by atoms with Crippen LogP contribution in [0.4, 0.5) is 0 Å². The molecule has 132 valence electrons. The smallest absolute Gasteiger partial charge is 0.305 e. The number of carboxylic acids is 1. The van der Waals surface area contributed by atoms with E-state index in [9.17, 15) is 14.7 Å². The molecule has 1 amide bonds. The van der Waals surface area contributed by atoms with Gasteiger partial charge in [-0.2, -0.15) is 0 Å². The second-order valence-corrected chi connectivity index (χ2v) is 6.50. The van der Waals surface area contributed by atoms with Gasteiger partial charge in [-0.3, -0.25) is 9.59 Å². The van der Waals surface area contributed by atoms with Crippen LogP contribution >= 0.6 is 0 Å². The van der Waals surface area contributed by atoms with Crippen LogP contribution in [-0.2, 0) is 14.3 Å². The summed E-state index contributed by atoms with van der Waals surface area (Å²) < 4.78 is 5.63. The molecule has 1 aliphatic carbocycles. The van der Waals surface area contributed by atoms with Gasteiger partial charge in [-0.1, -0.05) is 55.3 Å². The number of rotatable bonds is 7. The molecule has 0 aliphatic heterocycles. The molecule has 5 heteroatoms. The summed E-state index contributed by atoms with van der Waals surface area (Å²) in [4.78, 5) is 23.6. The maximum atomic E-state index is 12.3. The van der Waals surface area contributed by atoms with E-state index in [1.54, 1.807) is 0 Å². The van der Waals surface area contributed by atoms with Crippen molar-refractivity contribution in [2.24, 2.45) is 0 Å². The quantitative estimate of drug-likeness (QED) is 0.809. The Balaban J connectivity index is 1.74. The fourth-order valence-corrected chi connectivity index (χ4v) is 3.45. The molecule has 2 aromatic rings.